The van der Waals surface area contributed by atoms with E-state index in [1.165, 1.54) is 0 Å². The third kappa shape index (κ3) is 2.49. The maximum absolute atomic E-state index is 5.91. The molecule has 5 heteroatoms. The van der Waals surface area contributed by atoms with Crippen molar-refractivity contribution in [3.05, 3.63) is 41.7 Å². The van der Waals surface area contributed by atoms with Gasteiger partial charge in [-0.1, -0.05) is 17.7 Å². The predicted octanol–water partition coefficient (Wildman–Crippen LogP) is 2.86. The number of benzene rings is 1. The van der Waals surface area contributed by atoms with Crippen LogP contribution in [0.1, 0.15) is 12.5 Å². The van der Waals surface area contributed by atoms with E-state index >= 15 is 0 Å². The minimum absolute atomic E-state index is 0.432. The lowest BCUT2D eigenvalue weighted by atomic mass is 10.3. The maximum atomic E-state index is 5.91. The standard InChI is InChI=1S/C13H14ClN3O/c14-10-2-1-3-12(6-10)18-13-8-16-17(9-13)11-4-5-15-7-11/h1-3,6,8-9,11,15H,4-5,7H2. The summed E-state index contributed by atoms with van der Waals surface area (Å²) in [5.74, 6) is 1.47. The van der Waals surface area contributed by atoms with Crippen molar-refractivity contribution < 1.29 is 4.74 Å². The summed E-state index contributed by atoms with van der Waals surface area (Å²) in [6.45, 7) is 2.02. The quantitative estimate of drug-likeness (QED) is 0.926. The third-order valence-electron chi connectivity index (χ3n) is 3.02. The van der Waals surface area contributed by atoms with Crippen LogP contribution in [0, 0.1) is 0 Å². The maximum Gasteiger partial charge on any atom is 0.165 e. The van der Waals surface area contributed by atoms with E-state index in [-0.39, 0.29) is 0 Å². The van der Waals surface area contributed by atoms with Crippen molar-refractivity contribution in [3.8, 4) is 11.5 Å². The molecule has 0 bridgehead atoms. The van der Waals surface area contributed by atoms with Crippen LogP contribution in [0.15, 0.2) is 36.7 Å². The van der Waals surface area contributed by atoms with Crippen LogP contribution in [-0.4, -0.2) is 22.9 Å². The molecule has 1 aromatic heterocycles. The second-order valence-corrected chi connectivity index (χ2v) is 4.80. The van der Waals surface area contributed by atoms with Gasteiger partial charge in [0.1, 0.15) is 5.75 Å². The molecule has 2 heterocycles. The van der Waals surface area contributed by atoms with Crippen LogP contribution < -0.4 is 10.1 Å². The predicted molar refractivity (Wildman–Crippen MR) is 70.3 cm³/mol. The highest BCUT2D eigenvalue weighted by Crippen LogP contribution is 2.25. The van der Waals surface area contributed by atoms with Gasteiger partial charge in [-0.3, -0.25) is 4.68 Å². The molecule has 18 heavy (non-hydrogen) atoms. The fraction of sp³-hybridized carbons (Fsp3) is 0.308. The number of halogens is 1. The van der Waals surface area contributed by atoms with E-state index in [1.54, 1.807) is 12.3 Å². The van der Waals surface area contributed by atoms with Crippen molar-refractivity contribution in [1.29, 1.82) is 0 Å². The first-order chi connectivity index (χ1) is 8.81. The van der Waals surface area contributed by atoms with Crippen LogP contribution in [0.4, 0.5) is 0 Å². The molecule has 1 aliphatic rings. The molecular weight excluding hydrogens is 250 g/mol. The molecule has 94 valence electrons. The van der Waals surface area contributed by atoms with E-state index in [9.17, 15) is 0 Å². The molecule has 1 saturated heterocycles. The second-order valence-electron chi connectivity index (χ2n) is 4.36. The average molecular weight is 264 g/mol. The molecular formula is C13H14ClN3O. The van der Waals surface area contributed by atoms with E-state index in [1.807, 2.05) is 29.1 Å². The van der Waals surface area contributed by atoms with Crippen LogP contribution in [0.5, 0.6) is 11.5 Å². The molecule has 1 aromatic carbocycles. The number of nitrogens with one attached hydrogen (secondary N) is 1. The zero-order valence-electron chi connectivity index (χ0n) is 9.84. The Bertz CT molecular complexity index is 535. The van der Waals surface area contributed by atoms with E-state index in [0.717, 1.165) is 31.0 Å². The van der Waals surface area contributed by atoms with E-state index in [4.69, 9.17) is 16.3 Å². The molecule has 1 unspecified atom stereocenters. The molecule has 1 aliphatic heterocycles. The van der Waals surface area contributed by atoms with Gasteiger partial charge < -0.3 is 10.1 Å². The topological polar surface area (TPSA) is 39.1 Å². The number of hydrogen-bond donors (Lipinski definition) is 1. The Morgan fingerprint density at radius 2 is 2.33 bits per heavy atom. The second kappa shape index (κ2) is 5.00. The van der Waals surface area contributed by atoms with Crippen LogP contribution in [0.25, 0.3) is 0 Å². The summed E-state index contributed by atoms with van der Waals surface area (Å²) in [6, 6.07) is 7.78. The first-order valence-corrected chi connectivity index (χ1v) is 6.37. The zero-order chi connectivity index (χ0) is 12.4. The molecule has 0 spiro atoms. The number of ether oxygens (including phenoxy) is 1. The number of rotatable bonds is 3. The van der Waals surface area contributed by atoms with E-state index in [0.29, 0.717) is 11.1 Å². The van der Waals surface area contributed by atoms with Gasteiger partial charge in [0.05, 0.1) is 18.4 Å². The first-order valence-electron chi connectivity index (χ1n) is 5.99. The molecule has 0 radical (unpaired) electrons. The van der Waals surface area contributed by atoms with Crippen molar-refractivity contribution in [2.45, 2.75) is 12.5 Å². The summed E-state index contributed by atoms with van der Waals surface area (Å²) in [7, 11) is 0. The van der Waals surface area contributed by atoms with Crippen LogP contribution in [0.3, 0.4) is 0 Å². The molecule has 1 fully saturated rings. The Labute approximate surface area is 111 Å². The molecule has 0 saturated carbocycles. The fourth-order valence-electron chi connectivity index (χ4n) is 2.10. The van der Waals surface area contributed by atoms with E-state index in [2.05, 4.69) is 10.4 Å². The summed E-state index contributed by atoms with van der Waals surface area (Å²) in [4.78, 5) is 0. The van der Waals surface area contributed by atoms with Gasteiger partial charge in [0.2, 0.25) is 0 Å². The average Bonchev–Trinajstić information content (AvgIpc) is 2.98. The van der Waals surface area contributed by atoms with Gasteiger partial charge in [-0.15, -0.1) is 0 Å². The normalized spacial score (nSPS) is 19.1. The van der Waals surface area contributed by atoms with Crippen LogP contribution >= 0.6 is 11.6 Å². The van der Waals surface area contributed by atoms with Gasteiger partial charge in [0, 0.05) is 11.6 Å². The van der Waals surface area contributed by atoms with Crippen molar-refractivity contribution in [1.82, 2.24) is 15.1 Å². The van der Waals surface area contributed by atoms with Crippen molar-refractivity contribution in [2.75, 3.05) is 13.1 Å². The minimum atomic E-state index is 0.432. The number of nitrogens with zero attached hydrogens (tertiary/aromatic N) is 2. The summed E-state index contributed by atoms with van der Waals surface area (Å²) in [6.07, 6.45) is 4.77. The fourth-order valence-corrected chi connectivity index (χ4v) is 2.29. The molecule has 1 atom stereocenters. The molecule has 2 aromatic rings. The molecule has 3 rings (SSSR count). The molecule has 1 N–H and O–H groups in total. The highest BCUT2D eigenvalue weighted by atomic mass is 35.5. The van der Waals surface area contributed by atoms with Gasteiger partial charge >= 0.3 is 0 Å². The lowest BCUT2D eigenvalue weighted by Gasteiger charge is -2.07. The van der Waals surface area contributed by atoms with Gasteiger partial charge in [-0.25, -0.2) is 0 Å². The van der Waals surface area contributed by atoms with Crippen molar-refractivity contribution in [3.63, 3.8) is 0 Å². The first kappa shape index (κ1) is 11.6. The van der Waals surface area contributed by atoms with Gasteiger partial charge in [0.25, 0.3) is 0 Å². The molecule has 4 nitrogen and oxygen atoms in total. The smallest absolute Gasteiger partial charge is 0.165 e. The largest absolute Gasteiger partial charge is 0.454 e. The summed E-state index contributed by atoms with van der Waals surface area (Å²) in [5, 5.41) is 8.32. The zero-order valence-corrected chi connectivity index (χ0v) is 10.6. The Morgan fingerprint density at radius 3 is 3.11 bits per heavy atom. The Hall–Kier alpha value is -1.52. The van der Waals surface area contributed by atoms with Crippen molar-refractivity contribution in [2.24, 2.45) is 0 Å². The SMILES string of the molecule is Clc1cccc(Oc2cnn(C3CCNC3)c2)c1. The Morgan fingerprint density at radius 1 is 1.39 bits per heavy atom. The molecule has 0 aliphatic carbocycles. The molecule has 0 amide bonds. The third-order valence-corrected chi connectivity index (χ3v) is 3.25. The van der Waals surface area contributed by atoms with Gasteiger partial charge in [-0.2, -0.15) is 5.10 Å². The summed E-state index contributed by atoms with van der Waals surface area (Å²) in [5.41, 5.74) is 0. The highest BCUT2D eigenvalue weighted by Gasteiger charge is 2.17. The van der Waals surface area contributed by atoms with Crippen LogP contribution in [0.2, 0.25) is 5.02 Å². The van der Waals surface area contributed by atoms with Gasteiger partial charge in [0.15, 0.2) is 5.75 Å². The number of aromatic nitrogens is 2. The summed E-state index contributed by atoms with van der Waals surface area (Å²) < 4.78 is 7.67. The Kier molecular flexibility index (Phi) is 3.21. The van der Waals surface area contributed by atoms with Crippen LogP contribution in [-0.2, 0) is 0 Å². The lowest BCUT2D eigenvalue weighted by molar-refractivity contribution is 0.469. The van der Waals surface area contributed by atoms with Gasteiger partial charge in [-0.05, 0) is 31.2 Å². The summed E-state index contributed by atoms with van der Waals surface area (Å²) >= 11 is 5.91. The Balaban J connectivity index is 1.73. The highest BCUT2D eigenvalue weighted by molar-refractivity contribution is 6.30. The number of hydrogen-bond acceptors (Lipinski definition) is 3. The lowest BCUT2D eigenvalue weighted by Crippen LogP contribution is -2.13. The minimum Gasteiger partial charge on any atom is -0.454 e. The monoisotopic (exact) mass is 263 g/mol. The van der Waals surface area contributed by atoms with E-state index < -0.39 is 0 Å². The van der Waals surface area contributed by atoms with Crippen molar-refractivity contribution >= 4 is 11.6 Å².